The molecule has 2 aromatic rings. The Labute approximate surface area is 160 Å². The first kappa shape index (κ1) is 21.4. The van der Waals surface area contributed by atoms with Crippen molar-refractivity contribution < 1.29 is 4.79 Å². The number of rotatable bonds is 5. The molecule has 3 rings (SSSR count). The lowest BCUT2D eigenvalue weighted by atomic mass is 9.85. The summed E-state index contributed by atoms with van der Waals surface area (Å²) in [4.78, 5) is 16.3. The summed E-state index contributed by atoms with van der Waals surface area (Å²) in [6, 6.07) is 8.25. The van der Waals surface area contributed by atoms with Crippen molar-refractivity contribution >= 4 is 30.7 Å². The zero-order valence-electron chi connectivity index (χ0n) is 14.0. The van der Waals surface area contributed by atoms with E-state index in [0.29, 0.717) is 13.1 Å². The molecule has 1 heterocycles. The van der Waals surface area contributed by atoms with Gasteiger partial charge in [-0.2, -0.15) is 5.10 Å². The number of nitrogens with one attached hydrogen (secondary N) is 1. The second-order valence-electron chi connectivity index (χ2n) is 6.20. The molecular weight excluding hydrogens is 361 g/mol. The maximum absolute atomic E-state index is 12.4. The number of nitrogens with zero attached hydrogens (tertiary/aromatic N) is 3. The third-order valence-corrected chi connectivity index (χ3v) is 4.46. The second kappa shape index (κ2) is 10.4. The molecule has 1 aromatic heterocycles. The van der Waals surface area contributed by atoms with Gasteiger partial charge < -0.3 is 11.1 Å². The Morgan fingerprint density at radius 1 is 1.24 bits per heavy atom. The average Bonchev–Trinajstić information content (AvgIpc) is 3.07. The number of halogens is 2. The van der Waals surface area contributed by atoms with Gasteiger partial charge in [0.05, 0.1) is 6.54 Å². The normalized spacial score (nSPS) is 19.4. The van der Waals surface area contributed by atoms with Crippen molar-refractivity contribution in [2.24, 2.45) is 11.7 Å². The van der Waals surface area contributed by atoms with Crippen molar-refractivity contribution in [3.05, 3.63) is 48.0 Å². The molecule has 1 amide bonds. The minimum absolute atomic E-state index is 0. The van der Waals surface area contributed by atoms with Crippen LogP contribution in [-0.2, 0) is 17.9 Å². The van der Waals surface area contributed by atoms with Gasteiger partial charge in [0.1, 0.15) is 12.7 Å². The van der Waals surface area contributed by atoms with Crippen LogP contribution >= 0.6 is 24.8 Å². The highest BCUT2D eigenvalue weighted by atomic mass is 35.5. The fourth-order valence-electron chi connectivity index (χ4n) is 3.17. The van der Waals surface area contributed by atoms with E-state index in [1.807, 2.05) is 18.2 Å². The molecule has 1 fully saturated rings. The van der Waals surface area contributed by atoms with Crippen LogP contribution in [0.15, 0.2) is 36.9 Å². The summed E-state index contributed by atoms with van der Waals surface area (Å²) in [5.41, 5.74) is 8.22. The Balaban J connectivity index is 0.00000156. The molecule has 25 heavy (non-hydrogen) atoms. The van der Waals surface area contributed by atoms with Crippen molar-refractivity contribution in [2.75, 3.05) is 0 Å². The van der Waals surface area contributed by atoms with E-state index in [2.05, 4.69) is 21.5 Å². The van der Waals surface area contributed by atoms with Crippen LogP contribution in [0.4, 0.5) is 0 Å². The van der Waals surface area contributed by atoms with Crippen LogP contribution in [0.1, 0.15) is 36.8 Å². The molecule has 138 valence electrons. The molecule has 3 N–H and O–H groups in total. The number of amides is 1. The van der Waals surface area contributed by atoms with Gasteiger partial charge in [-0.1, -0.05) is 30.7 Å². The lowest BCUT2D eigenvalue weighted by Crippen LogP contribution is -2.37. The van der Waals surface area contributed by atoms with Crippen LogP contribution < -0.4 is 11.1 Å². The van der Waals surface area contributed by atoms with Gasteiger partial charge in [-0.05, 0) is 30.4 Å². The van der Waals surface area contributed by atoms with Crippen LogP contribution in [0, 0.1) is 5.92 Å². The first-order chi connectivity index (χ1) is 11.2. The van der Waals surface area contributed by atoms with Crippen LogP contribution in [0.25, 0.3) is 0 Å². The highest BCUT2D eigenvalue weighted by Crippen LogP contribution is 2.23. The molecule has 8 heteroatoms. The highest BCUT2D eigenvalue weighted by Gasteiger charge is 2.25. The summed E-state index contributed by atoms with van der Waals surface area (Å²) < 4.78 is 1.78. The van der Waals surface area contributed by atoms with E-state index in [1.165, 1.54) is 6.33 Å². The highest BCUT2D eigenvalue weighted by molar-refractivity contribution is 5.85. The van der Waals surface area contributed by atoms with Crippen LogP contribution in [0.3, 0.4) is 0 Å². The fraction of sp³-hybridized carbons (Fsp3) is 0.471. The van der Waals surface area contributed by atoms with Crippen molar-refractivity contribution in [3.8, 4) is 0 Å². The van der Waals surface area contributed by atoms with Crippen molar-refractivity contribution in [2.45, 2.75) is 44.8 Å². The van der Waals surface area contributed by atoms with E-state index < -0.39 is 0 Å². The van der Waals surface area contributed by atoms with Gasteiger partial charge in [-0.15, -0.1) is 24.8 Å². The number of hydrogen-bond acceptors (Lipinski definition) is 4. The third-order valence-electron chi connectivity index (χ3n) is 4.46. The summed E-state index contributed by atoms with van der Waals surface area (Å²) in [6.07, 6.45) is 7.04. The monoisotopic (exact) mass is 385 g/mol. The maximum Gasteiger partial charge on any atom is 0.223 e. The molecule has 6 nitrogen and oxygen atoms in total. The van der Waals surface area contributed by atoms with Crippen LogP contribution in [-0.4, -0.2) is 26.7 Å². The molecular formula is C17H25Cl2N5O. The van der Waals surface area contributed by atoms with Crippen molar-refractivity contribution in [1.29, 1.82) is 0 Å². The second-order valence-corrected chi connectivity index (χ2v) is 6.20. The Morgan fingerprint density at radius 2 is 2.00 bits per heavy atom. The molecule has 0 spiro atoms. The first-order valence-electron chi connectivity index (χ1n) is 8.15. The zero-order valence-corrected chi connectivity index (χ0v) is 15.6. The number of aromatic nitrogens is 3. The van der Waals surface area contributed by atoms with Gasteiger partial charge in [0.15, 0.2) is 0 Å². The topological polar surface area (TPSA) is 85.8 Å². The number of nitrogens with two attached hydrogens (primary N) is 1. The van der Waals surface area contributed by atoms with Gasteiger partial charge in [-0.3, -0.25) is 4.79 Å². The zero-order chi connectivity index (χ0) is 16.1. The molecule has 1 aliphatic rings. The number of carbonyl (C=O) groups excluding carboxylic acids is 1. The molecule has 0 aliphatic heterocycles. The molecule has 0 radical (unpaired) electrons. The molecule has 0 bridgehead atoms. The minimum atomic E-state index is 0. The van der Waals surface area contributed by atoms with Gasteiger partial charge in [0.2, 0.25) is 5.91 Å². The largest absolute Gasteiger partial charge is 0.352 e. The van der Waals surface area contributed by atoms with Gasteiger partial charge in [-0.25, -0.2) is 9.67 Å². The predicted molar refractivity (Wildman–Crippen MR) is 102 cm³/mol. The first-order valence-corrected chi connectivity index (χ1v) is 8.15. The standard InChI is InChI=1S/C17H23N5O.2ClH/c18-16-7-3-6-13(8-16)17(23)20-9-14-4-1-2-5-15(14)10-22-12-19-11-21-22;;/h1-2,4-5,11-13,16H,3,6-10,18H2,(H,20,23);2*1H. The minimum Gasteiger partial charge on any atom is -0.352 e. The van der Waals surface area contributed by atoms with E-state index in [-0.39, 0.29) is 42.7 Å². The van der Waals surface area contributed by atoms with E-state index in [0.717, 1.165) is 36.8 Å². The maximum atomic E-state index is 12.4. The van der Waals surface area contributed by atoms with Crippen molar-refractivity contribution in [1.82, 2.24) is 20.1 Å². The number of benzene rings is 1. The summed E-state index contributed by atoms with van der Waals surface area (Å²) >= 11 is 0. The predicted octanol–water partition coefficient (Wildman–Crippen LogP) is 2.30. The van der Waals surface area contributed by atoms with E-state index in [1.54, 1.807) is 11.0 Å². The SMILES string of the molecule is Cl.Cl.NC1CCCC(C(=O)NCc2ccccc2Cn2cncn2)C1. The summed E-state index contributed by atoms with van der Waals surface area (Å²) in [7, 11) is 0. The summed E-state index contributed by atoms with van der Waals surface area (Å²) in [5, 5.41) is 7.20. The van der Waals surface area contributed by atoms with E-state index in [4.69, 9.17) is 5.73 Å². The van der Waals surface area contributed by atoms with Crippen LogP contribution in [0.2, 0.25) is 0 Å². The number of hydrogen-bond donors (Lipinski definition) is 2. The smallest absolute Gasteiger partial charge is 0.223 e. The van der Waals surface area contributed by atoms with Crippen LogP contribution in [0.5, 0.6) is 0 Å². The quantitative estimate of drug-likeness (QED) is 0.826. The molecule has 1 saturated carbocycles. The lowest BCUT2D eigenvalue weighted by molar-refractivity contribution is -0.126. The molecule has 2 atom stereocenters. The van der Waals surface area contributed by atoms with E-state index in [9.17, 15) is 4.79 Å². The Bertz CT molecular complexity index is 650. The Hall–Kier alpha value is -1.63. The van der Waals surface area contributed by atoms with E-state index >= 15 is 0 Å². The Morgan fingerprint density at radius 3 is 2.68 bits per heavy atom. The fourth-order valence-corrected chi connectivity index (χ4v) is 3.17. The van der Waals surface area contributed by atoms with Crippen molar-refractivity contribution in [3.63, 3.8) is 0 Å². The van der Waals surface area contributed by atoms with Gasteiger partial charge in [0.25, 0.3) is 0 Å². The third kappa shape index (κ3) is 5.99. The lowest BCUT2D eigenvalue weighted by Gasteiger charge is -2.25. The molecule has 2 unspecified atom stereocenters. The van der Waals surface area contributed by atoms with Gasteiger partial charge in [0, 0.05) is 18.5 Å². The molecule has 1 aromatic carbocycles. The molecule has 0 saturated heterocycles. The number of carbonyl (C=O) groups is 1. The summed E-state index contributed by atoms with van der Waals surface area (Å²) in [5.74, 6) is 0.178. The molecule has 1 aliphatic carbocycles. The van der Waals surface area contributed by atoms with Gasteiger partial charge >= 0.3 is 0 Å². The average molecular weight is 386 g/mol. The Kier molecular flexibility index (Phi) is 8.89. The summed E-state index contributed by atoms with van der Waals surface area (Å²) in [6.45, 7) is 1.19.